The Hall–Kier alpha value is -6.48. The number of aliphatic carboxylic acids is 3. The van der Waals surface area contributed by atoms with Gasteiger partial charge in [0.25, 0.3) is 0 Å². The Balaban J connectivity index is -0.000000932. The number of carboxylic acid groups (broad SMARTS) is 3. The predicted molar refractivity (Wildman–Crippen MR) is 320 cm³/mol. The lowest BCUT2D eigenvalue weighted by molar-refractivity contribution is -0.177. The van der Waals surface area contributed by atoms with Crippen molar-refractivity contribution in [2.24, 2.45) is 58.8 Å². The van der Waals surface area contributed by atoms with Crippen molar-refractivity contribution in [3.05, 3.63) is 36.5 Å². The molecule has 7 fully saturated rings. The van der Waals surface area contributed by atoms with Crippen molar-refractivity contribution in [2.45, 2.75) is 115 Å². The zero-order chi connectivity index (χ0) is 68.1. The van der Waals surface area contributed by atoms with E-state index in [9.17, 15) is 47.9 Å². The summed E-state index contributed by atoms with van der Waals surface area (Å²) in [5.41, 5.74) is 18.2. The van der Waals surface area contributed by atoms with Gasteiger partial charge in [-0.25, -0.2) is 31.2 Å². The van der Waals surface area contributed by atoms with Crippen molar-refractivity contribution in [3.63, 3.8) is 0 Å². The lowest BCUT2D eigenvalue weighted by atomic mass is 9.74. The van der Waals surface area contributed by atoms with Gasteiger partial charge >= 0.3 is 17.9 Å². The van der Waals surface area contributed by atoms with Gasteiger partial charge in [-0.3, -0.25) is 67.3 Å². The summed E-state index contributed by atoms with van der Waals surface area (Å²) in [6.07, 6.45) is 15.1. The Morgan fingerprint density at radius 1 is 0.489 bits per heavy atom. The average molecular weight is 1270 g/mol. The third-order valence-electron chi connectivity index (χ3n) is 14.2. The maximum absolute atomic E-state index is 11.4. The maximum Gasteiger partial charge on any atom is 0.307 e. The number of nitrogens with one attached hydrogen (secondary N) is 2. The zero-order valence-electron chi connectivity index (χ0n) is 54.4. The summed E-state index contributed by atoms with van der Waals surface area (Å²) in [4.78, 5) is 134. The number of Topliss-reactive ketones (excluding diaryl/α,β-unsaturated/α-hetero) is 3. The van der Waals surface area contributed by atoms with E-state index in [2.05, 4.69) is 32.0 Å². The molecule has 0 heterocycles. The second kappa shape index (κ2) is 50.4. The fourth-order valence-electron chi connectivity index (χ4n) is 8.12. The molecule has 0 aromatic heterocycles. The molecule has 0 bridgehead atoms. The number of ketones is 3. The summed E-state index contributed by atoms with van der Waals surface area (Å²) in [7, 11) is 23.7. The van der Waals surface area contributed by atoms with E-state index in [-0.39, 0.29) is 95.7 Å². The maximum atomic E-state index is 11.4. The van der Waals surface area contributed by atoms with Crippen molar-refractivity contribution in [3.8, 4) is 0 Å². The Bertz CT molecular complexity index is 2110. The molecule has 508 valence electrons. The number of hydrogen-bond donors (Lipinski definition) is 7. The molecule has 0 aromatic carbocycles. The second-order valence-electron chi connectivity index (χ2n) is 21.0. The molecule has 88 heavy (non-hydrogen) atoms. The molecule has 0 radical (unpaired) electrons. The molecular weight excluding hydrogens is 1160 g/mol. The molecule has 4 amide bonds. The molecule has 7 saturated carbocycles. The summed E-state index contributed by atoms with van der Waals surface area (Å²) in [6.45, 7) is 3.95. The first-order valence-electron chi connectivity index (χ1n) is 28.4. The van der Waals surface area contributed by atoms with E-state index >= 15 is 0 Å². The third kappa shape index (κ3) is 38.7. The van der Waals surface area contributed by atoms with Crippen LogP contribution in [0, 0.1) is 47.3 Å². The second-order valence-corrected chi connectivity index (χ2v) is 21.0. The number of ether oxygens (including phenoxy) is 3. The molecule has 0 spiro atoms. The summed E-state index contributed by atoms with van der Waals surface area (Å²) in [5.74, 6) is -0.648. The first kappa shape index (κ1) is 85.7. The Kier molecular flexibility index (Phi) is 49.1. The van der Waals surface area contributed by atoms with Gasteiger partial charge in [-0.2, -0.15) is 0 Å². The zero-order valence-corrected chi connectivity index (χ0v) is 54.4. The van der Waals surface area contributed by atoms with E-state index in [0.29, 0.717) is 75.8 Å². The van der Waals surface area contributed by atoms with Crippen LogP contribution in [-0.2, 0) is 91.2 Å². The molecule has 30 nitrogen and oxygen atoms in total. The minimum Gasteiger partial charge on any atom is -0.505 e. The van der Waals surface area contributed by atoms with Gasteiger partial charge in [-0.05, 0) is 92.7 Å². The number of allylic oxidation sites excluding steroid dienone is 2. The highest BCUT2D eigenvalue weighted by atomic mass is 16.7. The van der Waals surface area contributed by atoms with Crippen LogP contribution in [0.25, 0.3) is 0 Å². The largest absolute Gasteiger partial charge is 0.505 e. The molecule has 0 aliphatic heterocycles. The van der Waals surface area contributed by atoms with Gasteiger partial charge in [0.1, 0.15) is 17.3 Å². The molecule has 0 atom stereocenters. The number of rotatable bonds is 20. The molecule has 30 heteroatoms. The van der Waals surface area contributed by atoms with Crippen molar-refractivity contribution in [1.29, 1.82) is 0 Å². The number of nitrogens with two attached hydrogens (primary N) is 2. The first-order chi connectivity index (χ1) is 41.5. The quantitative estimate of drug-likeness (QED) is 0.0679. The number of amides is 4. The van der Waals surface area contributed by atoms with Crippen LogP contribution in [0.1, 0.15) is 109 Å². The van der Waals surface area contributed by atoms with Gasteiger partial charge in [0.2, 0.25) is 23.6 Å². The van der Waals surface area contributed by atoms with Gasteiger partial charge < -0.3 is 50.7 Å². The Labute approximate surface area is 518 Å². The van der Waals surface area contributed by atoms with Gasteiger partial charge in [-0.15, -0.1) is 0 Å². The summed E-state index contributed by atoms with van der Waals surface area (Å²) in [5, 5.41) is 29.9. The molecule has 7 aliphatic rings. The van der Waals surface area contributed by atoms with Crippen LogP contribution in [0.2, 0.25) is 0 Å². The van der Waals surface area contributed by atoms with Crippen molar-refractivity contribution in [2.75, 3.05) is 113 Å². The lowest BCUT2D eigenvalue weighted by Gasteiger charge is -2.34. The molecule has 0 aromatic rings. The molecule has 7 aliphatic carbocycles. The lowest BCUT2D eigenvalue weighted by Crippen LogP contribution is -2.41. The number of nitrogens with zero attached hydrogens (tertiary/aromatic N) is 4. The number of methoxy groups -OCH3 is 3. The SMILES string of the molecule is C=COC.CNOC.CNOC.COC=C1CC(C(=O)N(C)OC)C1.COC=C1CC(C(=O)O)C1.CON(C)C(=O)C1CC(CN)C1.CON(C)C(=O)CC1CC(=O)C1.CON(C)C(=O)CC1CC(N)C1.O=C(O)CC1CC(=O)C1.O=C1CC(C(=O)O)C1. The van der Waals surface area contributed by atoms with Crippen LogP contribution in [0.3, 0.4) is 0 Å². The smallest absolute Gasteiger partial charge is 0.307 e. The van der Waals surface area contributed by atoms with E-state index in [4.69, 9.17) is 55.6 Å². The van der Waals surface area contributed by atoms with E-state index in [1.54, 1.807) is 90.4 Å². The standard InChI is InChI=1S/C9H15NO3.2C8H16N2O2.C8H13NO3.C7H10O3.C6H8O3.C5H6O3.C3H6O.2C2H7NO/c1-10(13-3)9(11)8-4-7(5-8)6-12-2;1-10(12-2)8(11)7-3-6(4-7)5-9;1-10(12-2)8(11)5-6-3-7(9)4-6;1-9(12-2)8(11)5-6-3-7(10)4-6;1-10-4-5-2-6(3-5)7(8)9;7-5-1-4(2-5)3-6(8)9;6-4-1-3(2-4)5(7)8;3*1-3-4-2/h6,8H,4-5H2,1-3H3;2*6-7H,3-5,9H2,1-2H3;6H,3-5H2,1-2H3;4,6H,2-3H2,1H3,(H,8,9);4H,1-3H2,(H,8,9);3H,1-2H2,(H,7,8);3H,1H2,2H3;2*3H,1-2H3. The van der Waals surface area contributed by atoms with E-state index < -0.39 is 17.9 Å². The van der Waals surface area contributed by atoms with Crippen LogP contribution in [0.5, 0.6) is 0 Å². The van der Waals surface area contributed by atoms with Gasteiger partial charge in [0.05, 0.1) is 94.6 Å². The highest BCUT2D eigenvalue weighted by molar-refractivity contribution is 5.93. The van der Waals surface area contributed by atoms with E-state index in [1.807, 2.05) is 0 Å². The minimum absolute atomic E-state index is 0.0365. The normalized spacial score (nSPS) is 20.4. The number of carbonyl (C=O) groups is 10. The van der Waals surface area contributed by atoms with E-state index in [0.717, 1.165) is 44.1 Å². The molecular formula is C58H104N8O22. The average Bonchev–Trinajstić information content (AvgIpc) is 3.66. The molecule has 0 unspecified atom stereocenters. The first-order valence-corrected chi connectivity index (χ1v) is 28.4. The summed E-state index contributed by atoms with van der Waals surface area (Å²) < 4.78 is 13.9. The van der Waals surface area contributed by atoms with Crippen LogP contribution < -0.4 is 22.4 Å². The Morgan fingerprint density at radius 3 is 1.07 bits per heavy atom. The Morgan fingerprint density at radius 2 is 0.807 bits per heavy atom. The van der Waals surface area contributed by atoms with Crippen LogP contribution in [0.4, 0.5) is 0 Å². The number of carbonyl (C=O) groups excluding carboxylic acids is 7. The topological polar surface area (TPSA) is 404 Å². The number of hydrogen-bond acceptors (Lipinski definition) is 23. The number of hydroxylamine groups is 10. The fourth-order valence-corrected chi connectivity index (χ4v) is 8.12. The highest BCUT2D eigenvalue weighted by Gasteiger charge is 2.36. The van der Waals surface area contributed by atoms with Crippen LogP contribution >= 0.6 is 0 Å². The van der Waals surface area contributed by atoms with Crippen LogP contribution in [0.15, 0.2) is 36.5 Å². The summed E-state index contributed by atoms with van der Waals surface area (Å²) in [6, 6.07) is 0.315. The molecule has 9 N–H and O–H groups in total. The monoisotopic (exact) mass is 1260 g/mol. The highest BCUT2D eigenvalue weighted by Crippen LogP contribution is 2.36. The van der Waals surface area contributed by atoms with Gasteiger partial charge in [0, 0.05) is 118 Å². The summed E-state index contributed by atoms with van der Waals surface area (Å²) >= 11 is 0. The molecule has 7 rings (SSSR count). The number of carboxylic acids is 3. The van der Waals surface area contributed by atoms with Crippen molar-refractivity contribution in [1.82, 2.24) is 31.2 Å². The predicted octanol–water partition coefficient (Wildman–Crippen LogP) is 3.26. The van der Waals surface area contributed by atoms with Gasteiger partial charge in [-0.1, -0.05) is 6.58 Å². The van der Waals surface area contributed by atoms with E-state index in [1.165, 1.54) is 60.5 Å². The third-order valence-corrected chi connectivity index (χ3v) is 14.2. The fraction of sp³-hybridized carbons (Fsp3) is 0.724. The molecule has 0 saturated heterocycles. The minimum atomic E-state index is -0.843. The van der Waals surface area contributed by atoms with Crippen molar-refractivity contribution < 1.29 is 107 Å². The van der Waals surface area contributed by atoms with Crippen molar-refractivity contribution >= 4 is 58.9 Å². The van der Waals surface area contributed by atoms with Gasteiger partial charge in [0.15, 0.2) is 0 Å². The van der Waals surface area contributed by atoms with Crippen LogP contribution in [-0.4, -0.2) is 213 Å².